The van der Waals surface area contributed by atoms with Crippen LogP contribution in [-0.2, 0) is 6.54 Å². The van der Waals surface area contributed by atoms with Gasteiger partial charge in [0, 0.05) is 34.9 Å². The van der Waals surface area contributed by atoms with Crippen LogP contribution in [0, 0.1) is 0 Å². The predicted molar refractivity (Wildman–Crippen MR) is 147 cm³/mol. The molecule has 0 aromatic heterocycles. The van der Waals surface area contributed by atoms with E-state index in [1.165, 1.54) is 30.2 Å². The Morgan fingerprint density at radius 1 is 0.829 bits per heavy atom. The molecule has 178 valence electrons. The minimum absolute atomic E-state index is 0.114. The van der Waals surface area contributed by atoms with Gasteiger partial charge in [-0.3, -0.25) is 9.69 Å². The van der Waals surface area contributed by atoms with Crippen molar-refractivity contribution in [1.29, 1.82) is 0 Å². The first-order chi connectivity index (χ1) is 17.0. The summed E-state index contributed by atoms with van der Waals surface area (Å²) in [5, 5.41) is 6.08. The van der Waals surface area contributed by atoms with Crippen LogP contribution in [0.4, 0.5) is 5.69 Å². The average Bonchev–Trinajstić information content (AvgIpc) is 2.87. The first kappa shape index (κ1) is 23.6. The topological polar surface area (TPSA) is 32.3 Å². The number of piperidine rings is 1. The number of halogens is 1. The summed E-state index contributed by atoms with van der Waals surface area (Å²) >= 11 is 5.98. The van der Waals surface area contributed by atoms with E-state index < -0.39 is 0 Å². The number of anilines is 1. The fourth-order valence-electron chi connectivity index (χ4n) is 5.13. The number of hydrogen-bond donors (Lipinski definition) is 1. The van der Waals surface area contributed by atoms with Crippen LogP contribution in [0.15, 0.2) is 84.9 Å². The molecular formula is C31H31ClN2O. The second-order valence-electron chi connectivity index (χ2n) is 9.74. The molecule has 0 aliphatic carbocycles. The maximum atomic E-state index is 12.8. The van der Waals surface area contributed by atoms with Crippen molar-refractivity contribution in [2.24, 2.45) is 0 Å². The maximum Gasteiger partial charge on any atom is 0.255 e. The molecule has 2 atom stereocenters. The van der Waals surface area contributed by atoms with Crippen molar-refractivity contribution in [3.05, 3.63) is 101 Å². The summed E-state index contributed by atoms with van der Waals surface area (Å²) in [7, 11) is 0. The summed E-state index contributed by atoms with van der Waals surface area (Å²) in [6, 6.07) is 29.4. The van der Waals surface area contributed by atoms with Crippen molar-refractivity contribution >= 4 is 34.0 Å². The van der Waals surface area contributed by atoms with Gasteiger partial charge in [0.05, 0.1) is 0 Å². The first-order valence-electron chi connectivity index (χ1n) is 12.4. The molecule has 3 nitrogen and oxygen atoms in total. The SMILES string of the molecule is C[C@@H]1CCC[C@H](C)N1Cc1ccc2cc(NC(=O)c3ccc(-c4ccc(Cl)cc4)cc3)ccc2c1. The standard InChI is InChI=1S/C31H31ClN2O/c1-21-4-3-5-22(2)34(21)20-23-6-7-28-19-30(17-14-27(28)18-23)33-31(35)26-10-8-24(9-11-26)25-12-15-29(32)16-13-25/h6-19,21-22H,3-5,20H2,1-2H3,(H,33,35)/t21-,22+. The Hall–Kier alpha value is -3.14. The fraction of sp³-hybridized carbons (Fsp3) is 0.258. The molecule has 0 unspecified atom stereocenters. The van der Waals surface area contributed by atoms with E-state index in [1.807, 2.05) is 60.7 Å². The zero-order chi connectivity index (χ0) is 24.4. The molecule has 5 rings (SSSR count). The molecule has 1 N–H and O–H groups in total. The predicted octanol–water partition coefficient (Wildman–Crippen LogP) is 8.18. The number of benzene rings is 4. The number of likely N-dealkylation sites (tertiary alicyclic amines) is 1. The monoisotopic (exact) mass is 482 g/mol. The van der Waals surface area contributed by atoms with Crippen LogP contribution >= 0.6 is 11.6 Å². The highest BCUT2D eigenvalue weighted by Crippen LogP contribution is 2.27. The van der Waals surface area contributed by atoms with Gasteiger partial charge in [0.25, 0.3) is 5.91 Å². The van der Waals surface area contributed by atoms with Crippen molar-refractivity contribution in [3.63, 3.8) is 0 Å². The molecule has 4 aromatic rings. The van der Waals surface area contributed by atoms with Crippen LogP contribution in [0.5, 0.6) is 0 Å². The van der Waals surface area contributed by atoms with E-state index in [4.69, 9.17) is 11.6 Å². The van der Waals surface area contributed by atoms with Gasteiger partial charge in [-0.2, -0.15) is 0 Å². The molecule has 0 saturated carbocycles. The van der Waals surface area contributed by atoms with Gasteiger partial charge in [0.1, 0.15) is 0 Å². The van der Waals surface area contributed by atoms with Gasteiger partial charge in [-0.15, -0.1) is 0 Å². The van der Waals surface area contributed by atoms with E-state index in [9.17, 15) is 4.79 Å². The Balaban J connectivity index is 1.27. The Kier molecular flexibility index (Phi) is 6.90. The molecule has 1 saturated heterocycles. The van der Waals surface area contributed by atoms with E-state index in [-0.39, 0.29) is 5.91 Å². The molecule has 4 heteroatoms. The Bertz CT molecular complexity index is 1320. The summed E-state index contributed by atoms with van der Waals surface area (Å²) in [5.74, 6) is -0.114. The van der Waals surface area contributed by atoms with Gasteiger partial charge < -0.3 is 5.32 Å². The fourth-order valence-corrected chi connectivity index (χ4v) is 5.25. The molecular weight excluding hydrogens is 452 g/mol. The van der Waals surface area contributed by atoms with Gasteiger partial charge in [-0.1, -0.05) is 60.5 Å². The van der Waals surface area contributed by atoms with Crippen molar-refractivity contribution < 1.29 is 4.79 Å². The second-order valence-corrected chi connectivity index (χ2v) is 10.2. The number of nitrogens with one attached hydrogen (secondary N) is 1. The van der Waals surface area contributed by atoms with E-state index in [1.54, 1.807) is 0 Å². The van der Waals surface area contributed by atoms with Gasteiger partial charge in [0.2, 0.25) is 0 Å². The lowest BCUT2D eigenvalue weighted by Crippen LogP contribution is -2.42. The molecule has 1 aliphatic rings. The largest absolute Gasteiger partial charge is 0.322 e. The van der Waals surface area contributed by atoms with Crippen LogP contribution < -0.4 is 5.32 Å². The molecule has 4 aromatic carbocycles. The number of carbonyl (C=O) groups is 1. The van der Waals surface area contributed by atoms with E-state index in [0.29, 0.717) is 22.7 Å². The Morgan fingerprint density at radius 3 is 2.11 bits per heavy atom. The number of fused-ring (bicyclic) bond motifs is 1. The van der Waals surface area contributed by atoms with Crippen LogP contribution in [0.2, 0.25) is 5.02 Å². The van der Waals surface area contributed by atoms with Crippen LogP contribution in [-0.4, -0.2) is 22.9 Å². The third-order valence-electron chi connectivity index (χ3n) is 7.23. The highest BCUT2D eigenvalue weighted by atomic mass is 35.5. The quantitative estimate of drug-likeness (QED) is 0.311. The lowest BCUT2D eigenvalue weighted by atomic mass is 9.96. The van der Waals surface area contributed by atoms with Gasteiger partial charge in [-0.25, -0.2) is 0 Å². The molecule has 1 heterocycles. The smallest absolute Gasteiger partial charge is 0.255 e. The van der Waals surface area contributed by atoms with Gasteiger partial charge >= 0.3 is 0 Å². The average molecular weight is 483 g/mol. The normalized spacial score (nSPS) is 18.5. The molecule has 1 fully saturated rings. The molecule has 1 aliphatic heterocycles. The summed E-state index contributed by atoms with van der Waals surface area (Å²) in [4.78, 5) is 15.5. The Morgan fingerprint density at radius 2 is 1.43 bits per heavy atom. The van der Waals surface area contributed by atoms with E-state index in [2.05, 4.69) is 48.3 Å². The number of amides is 1. The maximum absolute atomic E-state index is 12.8. The number of carbonyl (C=O) groups excluding carboxylic acids is 1. The van der Waals surface area contributed by atoms with Crippen LogP contribution in [0.3, 0.4) is 0 Å². The molecule has 1 amide bonds. The molecule has 0 spiro atoms. The lowest BCUT2D eigenvalue weighted by molar-refractivity contribution is 0.0953. The van der Waals surface area contributed by atoms with Crippen molar-refractivity contribution in [3.8, 4) is 11.1 Å². The zero-order valence-corrected chi connectivity index (χ0v) is 21.1. The van der Waals surface area contributed by atoms with Crippen LogP contribution in [0.25, 0.3) is 21.9 Å². The summed E-state index contributed by atoms with van der Waals surface area (Å²) in [6.45, 7) is 5.68. The van der Waals surface area contributed by atoms with E-state index in [0.717, 1.165) is 28.7 Å². The lowest BCUT2D eigenvalue weighted by Gasteiger charge is -2.39. The minimum atomic E-state index is -0.114. The number of nitrogens with zero attached hydrogens (tertiary/aromatic N) is 1. The Labute approximate surface area is 212 Å². The molecule has 35 heavy (non-hydrogen) atoms. The number of rotatable bonds is 5. The first-order valence-corrected chi connectivity index (χ1v) is 12.8. The zero-order valence-electron chi connectivity index (χ0n) is 20.3. The summed E-state index contributed by atoms with van der Waals surface area (Å²) in [6.07, 6.45) is 3.90. The number of hydrogen-bond acceptors (Lipinski definition) is 2. The van der Waals surface area contributed by atoms with Gasteiger partial charge in [-0.05, 0) is 96.6 Å². The van der Waals surface area contributed by atoms with Gasteiger partial charge in [0.15, 0.2) is 0 Å². The van der Waals surface area contributed by atoms with Crippen molar-refractivity contribution in [2.45, 2.75) is 51.7 Å². The van der Waals surface area contributed by atoms with Crippen molar-refractivity contribution in [2.75, 3.05) is 5.32 Å². The summed E-state index contributed by atoms with van der Waals surface area (Å²) < 4.78 is 0. The van der Waals surface area contributed by atoms with Crippen LogP contribution in [0.1, 0.15) is 49.0 Å². The second kappa shape index (κ2) is 10.2. The van der Waals surface area contributed by atoms with Crippen molar-refractivity contribution in [1.82, 2.24) is 4.90 Å². The van der Waals surface area contributed by atoms with E-state index >= 15 is 0 Å². The highest BCUT2D eigenvalue weighted by molar-refractivity contribution is 6.30. The summed E-state index contributed by atoms with van der Waals surface area (Å²) in [5.41, 5.74) is 4.89. The third-order valence-corrected chi connectivity index (χ3v) is 7.48. The highest BCUT2D eigenvalue weighted by Gasteiger charge is 2.24. The third kappa shape index (κ3) is 5.42. The molecule has 0 radical (unpaired) electrons. The molecule has 0 bridgehead atoms. The minimum Gasteiger partial charge on any atom is -0.322 e.